The predicted molar refractivity (Wildman–Crippen MR) is 56.0 cm³/mol. The Labute approximate surface area is 116 Å². The first-order valence-electron chi connectivity index (χ1n) is 4.57. The first-order valence-corrected chi connectivity index (χ1v) is 4.57. The van der Waals surface area contributed by atoms with Gasteiger partial charge in [0, 0.05) is 0 Å². The Morgan fingerprint density at radius 2 is 1.25 bits per heavy atom. The van der Waals surface area contributed by atoms with Gasteiger partial charge in [0.05, 0.1) is 11.6 Å². The molecule has 2 aromatic rings. The van der Waals surface area contributed by atoms with E-state index in [2.05, 4.69) is 6.07 Å². The third-order valence-electron chi connectivity index (χ3n) is 2.20. The van der Waals surface area contributed by atoms with Gasteiger partial charge >= 0.3 is 29.6 Å². The molecule has 0 aromatic heterocycles. The van der Waals surface area contributed by atoms with Crippen molar-refractivity contribution in [3.8, 4) is 22.9 Å². The molecule has 0 fully saturated rings. The quantitative estimate of drug-likeness (QED) is 0.593. The van der Waals surface area contributed by atoms with Crippen LogP contribution >= 0.6 is 0 Å². The number of rotatable bonds is 1. The summed E-state index contributed by atoms with van der Waals surface area (Å²) >= 11 is 0. The van der Waals surface area contributed by atoms with Gasteiger partial charge in [0.15, 0.2) is 0 Å². The Morgan fingerprint density at radius 1 is 0.812 bits per heavy atom. The summed E-state index contributed by atoms with van der Waals surface area (Å²) in [5.74, 6) is 0.00685. The molecule has 0 bridgehead atoms. The van der Waals surface area contributed by atoms with E-state index < -0.39 is 0 Å². The fraction of sp³-hybridized carbons (Fsp3) is 0. The van der Waals surface area contributed by atoms with E-state index in [1.165, 1.54) is 12.1 Å². The van der Waals surface area contributed by atoms with Crippen molar-refractivity contribution >= 4 is 0 Å². The molecule has 3 heteroatoms. The average Bonchev–Trinajstić information content (AvgIpc) is 2.30. The molecule has 0 amide bonds. The van der Waals surface area contributed by atoms with Crippen molar-refractivity contribution in [3.63, 3.8) is 0 Å². The van der Waals surface area contributed by atoms with Gasteiger partial charge in [0.2, 0.25) is 0 Å². The van der Waals surface area contributed by atoms with Crippen LogP contribution in [-0.4, -0.2) is 0 Å². The zero-order valence-electron chi connectivity index (χ0n) is 8.97. The standard InChI is InChI=1S/C13H9NO.Na/c14-9-10-1-3-11(4-2-10)12-5-7-13(15)8-6-12;/h1-8,15H;/q;+1/p-1. The largest absolute Gasteiger partial charge is 1.00 e. The van der Waals surface area contributed by atoms with Gasteiger partial charge in [-0.2, -0.15) is 5.26 Å². The molecule has 0 radical (unpaired) electrons. The van der Waals surface area contributed by atoms with Crippen LogP contribution in [0.3, 0.4) is 0 Å². The zero-order chi connectivity index (χ0) is 10.7. The van der Waals surface area contributed by atoms with E-state index in [-0.39, 0.29) is 35.3 Å². The maximum absolute atomic E-state index is 10.9. The van der Waals surface area contributed by atoms with Crippen LogP contribution in [0.25, 0.3) is 11.1 Å². The molecule has 0 saturated carbocycles. The van der Waals surface area contributed by atoms with E-state index in [0.717, 1.165) is 11.1 Å². The van der Waals surface area contributed by atoms with Gasteiger partial charge < -0.3 is 5.11 Å². The molecule has 2 nitrogen and oxygen atoms in total. The Kier molecular flexibility index (Phi) is 4.57. The summed E-state index contributed by atoms with van der Waals surface area (Å²) in [4.78, 5) is 0. The molecular formula is C13H8NNaO. The fourth-order valence-corrected chi connectivity index (χ4v) is 1.38. The topological polar surface area (TPSA) is 46.8 Å². The van der Waals surface area contributed by atoms with Crippen molar-refractivity contribution in [2.75, 3.05) is 0 Å². The minimum atomic E-state index is 0. The second kappa shape index (κ2) is 5.72. The molecule has 2 aromatic carbocycles. The van der Waals surface area contributed by atoms with Crippen LogP contribution in [0.4, 0.5) is 0 Å². The van der Waals surface area contributed by atoms with Crippen molar-refractivity contribution in [1.29, 1.82) is 5.26 Å². The number of benzene rings is 2. The van der Waals surface area contributed by atoms with Crippen LogP contribution in [0.1, 0.15) is 5.56 Å². The molecule has 0 spiro atoms. The van der Waals surface area contributed by atoms with Crippen molar-refractivity contribution in [2.24, 2.45) is 0 Å². The molecule has 72 valence electrons. The molecule has 16 heavy (non-hydrogen) atoms. The van der Waals surface area contributed by atoms with Gasteiger partial charge in [-0.3, -0.25) is 0 Å². The molecule has 0 aliphatic heterocycles. The first-order chi connectivity index (χ1) is 7.29. The third kappa shape index (κ3) is 2.86. The Balaban J connectivity index is 0.00000128. The maximum Gasteiger partial charge on any atom is 1.00 e. The molecule has 2 rings (SSSR count). The first kappa shape index (κ1) is 12.8. The van der Waals surface area contributed by atoms with E-state index >= 15 is 0 Å². The van der Waals surface area contributed by atoms with Crippen molar-refractivity contribution in [3.05, 3.63) is 54.1 Å². The summed E-state index contributed by atoms with van der Waals surface area (Å²) in [5, 5.41) is 19.6. The predicted octanol–water partition coefficient (Wildman–Crippen LogP) is -0.697. The molecular weight excluding hydrogens is 209 g/mol. The van der Waals surface area contributed by atoms with Crippen LogP contribution in [0.15, 0.2) is 48.5 Å². The van der Waals surface area contributed by atoms with E-state index in [1.54, 1.807) is 24.3 Å². The molecule has 0 heterocycles. The van der Waals surface area contributed by atoms with Crippen LogP contribution in [0.2, 0.25) is 0 Å². The maximum atomic E-state index is 10.9. The summed E-state index contributed by atoms with van der Waals surface area (Å²) in [6.07, 6.45) is 0. The second-order valence-corrected chi connectivity index (χ2v) is 3.21. The molecule has 0 N–H and O–H groups in total. The van der Waals surface area contributed by atoms with Crippen LogP contribution in [-0.2, 0) is 0 Å². The van der Waals surface area contributed by atoms with E-state index in [0.29, 0.717) is 5.56 Å². The molecule has 0 aliphatic carbocycles. The van der Waals surface area contributed by atoms with Crippen LogP contribution in [0.5, 0.6) is 5.75 Å². The van der Waals surface area contributed by atoms with Crippen molar-refractivity contribution in [2.45, 2.75) is 0 Å². The van der Waals surface area contributed by atoms with E-state index in [4.69, 9.17) is 5.26 Å². The summed E-state index contributed by atoms with van der Waals surface area (Å²) in [5.41, 5.74) is 2.63. The summed E-state index contributed by atoms with van der Waals surface area (Å²) in [6.45, 7) is 0. The smallest absolute Gasteiger partial charge is 0.872 e. The Morgan fingerprint density at radius 3 is 1.69 bits per heavy atom. The number of nitrogens with zero attached hydrogens (tertiary/aromatic N) is 1. The minimum absolute atomic E-state index is 0. The van der Waals surface area contributed by atoms with E-state index in [9.17, 15) is 5.11 Å². The number of hydrogen-bond acceptors (Lipinski definition) is 2. The molecule has 0 aliphatic rings. The number of hydrogen-bond donors (Lipinski definition) is 0. The normalized spacial score (nSPS) is 8.94. The number of nitriles is 1. The van der Waals surface area contributed by atoms with Gasteiger partial charge in [0.1, 0.15) is 0 Å². The monoisotopic (exact) mass is 217 g/mol. The molecule has 0 saturated heterocycles. The van der Waals surface area contributed by atoms with Gasteiger partial charge in [-0.05, 0) is 23.3 Å². The molecule has 0 unspecified atom stereocenters. The SMILES string of the molecule is N#Cc1ccc(-c2ccc([O-])cc2)cc1.[Na+]. The van der Waals surface area contributed by atoms with Crippen molar-refractivity contribution in [1.82, 2.24) is 0 Å². The Hall–Kier alpha value is -1.27. The van der Waals surface area contributed by atoms with Gasteiger partial charge in [-0.1, -0.05) is 36.4 Å². The molecule has 0 atom stereocenters. The Bertz CT molecular complexity index is 497. The average molecular weight is 217 g/mol. The summed E-state index contributed by atoms with van der Waals surface area (Å²) < 4.78 is 0. The van der Waals surface area contributed by atoms with Crippen LogP contribution < -0.4 is 34.7 Å². The summed E-state index contributed by atoms with van der Waals surface area (Å²) in [6, 6.07) is 16.0. The zero-order valence-corrected chi connectivity index (χ0v) is 11.0. The van der Waals surface area contributed by atoms with E-state index in [1.807, 2.05) is 12.1 Å². The third-order valence-corrected chi connectivity index (χ3v) is 2.20. The van der Waals surface area contributed by atoms with Crippen molar-refractivity contribution < 1.29 is 34.7 Å². The summed E-state index contributed by atoms with van der Waals surface area (Å²) in [7, 11) is 0. The minimum Gasteiger partial charge on any atom is -0.872 e. The van der Waals surface area contributed by atoms with Gasteiger partial charge in [-0.15, -0.1) is 5.75 Å². The van der Waals surface area contributed by atoms with Crippen LogP contribution in [0, 0.1) is 11.3 Å². The van der Waals surface area contributed by atoms with Gasteiger partial charge in [0.25, 0.3) is 0 Å². The fourth-order valence-electron chi connectivity index (χ4n) is 1.38. The van der Waals surface area contributed by atoms with Gasteiger partial charge in [-0.25, -0.2) is 0 Å². The second-order valence-electron chi connectivity index (χ2n) is 3.21.